The monoisotopic (exact) mass is 488 g/mol. The van der Waals surface area contributed by atoms with Crippen LogP contribution in [0.15, 0.2) is 55.1 Å². The van der Waals surface area contributed by atoms with E-state index in [0.29, 0.717) is 12.3 Å². The first kappa shape index (κ1) is 23.5. The highest BCUT2D eigenvalue weighted by molar-refractivity contribution is 7.17. The summed E-state index contributed by atoms with van der Waals surface area (Å²) in [7, 11) is 0. The average molecular weight is 489 g/mol. The summed E-state index contributed by atoms with van der Waals surface area (Å²) in [6.45, 7) is 5.59. The van der Waals surface area contributed by atoms with Crippen molar-refractivity contribution in [3.63, 3.8) is 0 Å². The predicted molar refractivity (Wildman–Crippen MR) is 143 cm³/mol. The summed E-state index contributed by atoms with van der Waals surface area (Å²) in [5.41, 5.74) is 2.47. The highest BCUT2D eigenvalue weighted by Crippen LogP contribution is 2.29. The van der Waals surface area contributed by atoms with Crippen LogP contribution in [0.4, 0.5) is 11.1 Å². The van der Waals surface area contributed by atoms with Gasteiger partial charge in [0.15, 0.2) is 10.9 Å². The number of aromatic nitrogens is 4. The Bertz CT molecular complexity index is 1240. The molecule has 1 unspecified atom stereocenters. The Hall–Kier alpha value is -3.26. The first-order valence-corrected chi connectivity index (χ1v) is 13.3. The van der Waals surface area contributed by atoms with Crippen LogP contribution in [0.5, 0.6) is 0 Å². The Labute approximate surface area is 210 Å². The van der Waals surface area contributed by atoms with Crippen molar-refractivity contribution in [1.82, 2.24) is 19.9 Å². The number of anilines is 2. The van der Waals surface area contributed by atoms with Gasteiger partial charge in [0.25, 0.3) is 0 Å². The molecule has 1 N–H and O–H groups in total. The molecule has 1 aromatic carbocycles. The summed E-state index contributed by atoms with van der Waals surface area (Å²) in [4.78, 5) is 35.2. The number of aromatic amines is 1. The van der Waals surface area contributed by atoms with Crippen LogP contribution < -0.4 is 9.80 Å². The van der Waals surface area contributed by atoms with Gasteiger partial charge < -0.3 is 14.8 Å². The zero-order chi connectivity index (χ0) is 24.0. The fraction of sp³-hybridized carbons (Fsp3) is 0.407. The molecule has 8 heteroatoms. The first-order chi connectivity index (χ1) is 17.2. The van der Waals surface area contributed by atoms with E-state index in [1.54, 1.807) is 18.6 Å². The summed E-state index contributed by atoms with van der Waals surface area (Å²) in [6, 6.07) is 10.2. The number of nitrogens with one attached hydrogen (secondary N) is 1. The molecule has 0 bridgehead atoms. The molecule has 0 aliphatic carbocycles. The molecule has 1 fully saturated rings. The largest absolute Gasteiger partial charge is 0.361 e. The van der Waals surface area contributed by atoms with Crippen molar-refractivity contribution in [3.8, 4) is 0 Å². The van der Waals surface area contributed by atoms with E-state index in [1.807, 2.05) is 6.07 Å². The molecular formula is C27H32N6OS. The molecule has 1 atom stereocenters. The fourth-order valence-electron chi connectivity index (χ4n) is 4.84. The number of fused-ring (bicyclic) bond motifs is 1. The van der Waals surface area contributed by atoms with E-state index in [2.05, 4.69) is 67.1 Å². The lowest BCUT2D eigenvalue weighted by Crippen LogP contribution is -2.47. The fourth-order valence-corrected chi connectivity index (χ4v) is 5.75. The number of Topliss-reactive ketones (excluding diaryl/α,β-unsaturated/α-hetero) is 1. The quantitative estimate of drug-likeness (QED) is 0.303. The molecule has 1 aliphatic rings. The topological polar surface area (TPSA) is 78.0 Å². The van der Waals surface area contributed by atoms with Crippen LogP contribution in [-0.2, 0) is 6.42 Å². The van der Waals surface area contributed by atoms with Gasteiger partial charge in [0, 0.05) is 62.1 Å². The summed E-state index contributed by atoms with van der Waals surface area (Å²) >= 11 is 1.53. The normalized spacial score (nSPS) is 15.0. The van der Waals surface area contributed by atoms with Crippen LogP contribution in [0.2, 0.25) is 0 Å². The van der Waals surface area contributed by atoms with Crippen molar-refractivity contribution in [2.75, 3.05) is 36.0 Å². The van der Waals surface area contributed by atoms with Crippen LogP contribution in [0.1, 0.15) is 47.8 Å². The number of rotatable bonds is 10. The number of hydrogen-bond acceptors (Lipinski definition) is 7. The van der Waals surface area contributed by atoms with Gasteiger partial charge >= 0.3 is 0 Å². The van der Waals surface area contributed by atoms with Crippen LogP contribution in [0, 0.1) is 5.92 Å². The lowest BCUT2D eigenvalue weighted by atomic mass is 9.89. The highest BCUT2D eigenvalue weighted by Gasteiger charge is 2.23. The van der Waals surface area contributed by atoms with Gasteiger partial charge in [-0.3, -0.25) is 4.79 Å². The zero-order valence-corrected chi connectivity index (χ0v) is 21.0. The number of carbonyl (C=O) groups is 1. The maximum absolute atomic E-state index is 13.3. The van der Waals surface area contributed by atoms with E-state index in [9.17, 15) is 4.79 Å². The Morgan fingerprint density at radius 2 is 1.83 bits per heavy atom. The standard InChI is InChI=1S/C27H32N6OS/c1-2-3-7-20(16-21-18-30-23-9-5-4-8-22(21)23)17-24(34)25-19-31-27(35-25)33-14-12-32(13-15-33)26-28-10-6-11-29-26/h4-6,8-11,18-20,30H,2-3,7,12-17H2,1H3. The van der Waals surface area contributed by atoms with Crippen LogP contribution in [-0.4, -0.2) is 51.9 Å². The lowest BCUT2D eigenvalue weighted by Gasteiger charge is -2.34. The summed E-state index contributed by atoms with van der Waals surface area (Å²) in [5, 5.41) is 2.20. The number of thiazole rings is 1. The number of unbranched alkanes of at least 4 members (excludes halogenated alkanes) is 1. The molecule has 5 rings (SSSR count). The molecule has 0 radical (unpaired) electrons. The smallest absolute Gasteiger partial charge is 0.225 e. The van der Waals surface area contributed by atoms with Gasteiger partial charge in [-0.1, -0.05) is 49.3 Å². The maximum Gasteiger partial charge on any atom is 0.225 e. The number of hydrogen-bond donors (Lipinski definition) is 1. The minimum absolute atomic E-state index is 0.214. The van der Waals surface area contributed by atoms with Crippen molar-refractivity contribution in [1.29, 1.82) is 0 Å². The third-order valence-electron chi connectivity index (χ3n) is 6.78. The van der Waals surface area contributed by atoms with Crippen molar-refractivity contribution in [2.24, 2.45) is 5.92 Å². The van der Waals surface area contributed by atoms with E-state index in [4.69, 9.17) is 0 Å². The molecule has 3 aromatic heterocycles. The molecule has 1 saturated heterocycles. The molecule has 0 spiro atoms. The molecule has 182 valence electrons. The number of carbonyl (C=O) groups excluding carboxylic acids is 1. The third kappa shape index (κ3) is 5.53. The van der Waals surface area contributed by atoms with Crippen molar-refractivity contribution < 1.29 is 4.79 Å². The molecular weight excluding hydrogens is 456 g/mol. The molecule has 35 heavy (non-hydrogen) atoms. The van der Waals surface area contributed by atoms with Gasteiger partial charge in [0.2, 0.25) is 5.95 Å². The number of para-hydroxylation sites is 1. The minimum atomic E-state index is 0.214. The molecule has 0 amide bonds. The number of benzene rings is 1. The minimum Gasteiger partial charge on any atom is -0.361 e. The average Bonchev–Trinajstić information content (AvgIpc) is 3.56. The number of nitrogens with zero attached hydrogens (tertiary/aromatic N) is 5. The Balaban J connectivity index is 1.21. The molecule has 4 aromatic rings. The predicted octanol–water partition coefficient (Wildman–Crippen LogP) is 5.36. The third-order valence-corrected chi connectivity index (χ3v) is 7.88. The zero-order valence-electron chi connectivity index (χ0n) is 20.2. The van der Waals surface area contributed by atoms with Crippen LogP contribution >= 0.6 is 11.3 Å². The second-order valence-electron chi connectivity index (χ2n) is 9.23. The number of H-pyrrole nitrogens is 1. The van der Waals surface area contributed by atoms with Gasteiger partial charge in [-0.25, -0.2) is 15.0 Å². The van der Waals surface area contributed by atoms with E-state index in [0.717, 1.165) is 73.3 Å². The molecule has 1 aliphatic heterocycles. The van der Waals surface area contributed by atoms with E-state index in [-0.39, 0.29) is 5.78 Å². The van der Waals surface area contributed by atoms with Gasteiger partial charge in [-0.05, 0) is 36.5 Å². The van der Waals surface area contributed by atoms with E-state index in [1.165, 1.54) is 22.3 Å². The van der Waals surface area contributed by atoms with Gasteiger partial charge in [0.1, 0.15) is 0 Å². The second kappa shape index (κ2) is 11.0. The van der Waals surface area contributed by atoms with E-state index >= 15 is 0 Å². The number of piperazine rings is 1. The van der Waals surface area contributed by atoms with Gasteiger partial charge in [0.05, 0.1) is 11.1 Å². The second-order valence-corrected chi connectivity index (χ2v) is 10.2. The van der Waals surface area contributed by atoms with E-state index < -0.39 is 0 Å². The summed E-state index contributed by atoms with van der Waals surface area (Å²) in [6.07, 6.45) is 12.3. The maximum atomic E-state index is 13.3. The van der Waals surface area contributed by atoms with Crippen molar-refractivity contribution >= 4 is 39.1 Å². The van der Waals surface area contributed by atoms with Crippen LogP contribution in [0.25, 0.3) is 10.9 Å². The summed E-state index contributed by atoms with van der Waals surface area (Å²) < 4.78 is 0. The van der Waals surface area contributed by atoms with Crippen LogP contribution in [0.3, 0.4) is 0 Å². The Kier molecular flexibility index (Phi) is 7.37. The van der Waals surface area contributed by atoms with Gasteiger partial charge in [-0.2, -0.15) is 0 Å². The first-order valence-electron chi connectivity index (χ1n) is 12.5. The number of ketones is 1. The highest BCUT2D eigenvalue weighted by atomic mass is 32.1. The lowest BCUT2D eigenvalue weighted by molar-refractivity contribution is 0.0962. The Morgan fingerprint density at radius 1 is 1.06 bits per heavy atom. The van der Waals surface area contributed by atoms with Crippen molar-refractivity contribution in [3.05, 3.63) is 65.6 Å². The molecule has 4 heterocycles. The summed E-state index contributed by atoms with van der Waals surface area (Å²) in [5.74, 6) is 1.32. The Morgan fingerprint density at radius 3 is 2.63 bits per heavy atom. The molecule has 0 saturated carbocycles. The molecule has 7 nitrogen and oxygen atoms in total. The van der Waals surface area contributed by atoms with Crippen molar-refractivity contribution in [2.45, 2.75) is 39.0 Å². The SMILES string of the molecule is CCCCC(CC(=O)c1cnc(N2CCN(c3ncccn3)CC2)s1)Cc1c[nH]c2ccccc12. The van der Waals surface area contributed by atoms with Gasteiger partial charge in [-0.15, -0.1) is 0 Å².